The molecule has 0 spiro atoms. The highest BCUT2D eigenvalue weighted by Crippen LogP contribution is 2.19. The van der Waals surface area contributed by atoms with Gasteiger partial charge < -0.3 is 10.6 Å². The van der Waals surface area contributed by atoms with E-state index in [2.05, 4.69) is 10.6 Å². The van der Waals surface area contributed by atoms with Crippen LogP contribution in [0.4, 0.5) is 0 Å². The highest BCUT2D eigenvalue weighted by Gasteiger charge is 1.93. The summed E-state index contributed by atoms with van der Waals surface area (Å²) in [6.45, 7) is 4.42. The van der Waals surface area contributed by atoms with Gasteiger partial charge in [-0.25, -0.2) is 0 Å². The normalized spacial score (nSPS) is 9.57. The summed E-state index contributed by atoms with van der Waals surface area (Å²) in [5, 5.41) is 5.42. The van der Waals surface area contributed by atoms with Gasteiger partial charge in [0.15, 0.2) is 0 Å². The molecule has 0 rings (SSSR count). The zero-order valence-corrected chi connectivity index (χ0v) is 10.1. The van der Waals surface area contributed by atoms with Gasteiger partial charge in [-0.15, -0.1) is 0 Å². The minimum atomic E-state index is 0.00819. The first-order valence-electron chi connectivity index (χ1n) is 4.36. The van der Waals surface area contributed by atoms with E-state index in [1.54, 1.807) is 21.6 Å². The van der Waals surface area contributed by atoms with Crippen LogP contribution < -0.4 is 10.6 Å². The van der Waals surface area contributed by atoms with Crippen LogP contribution in [0.5, 0.6) is 0 Å². The fourth-order valence-corrected chi connectivity index (χ4v) is 2.47. The predicted octanol–water partition coefficient (Wildman–Crippen LogP) is 0.640. The summed E-state index contributed by atoms with van der Waals surface area (Å²) in [7, 11) is 3.40. The molecule has 4 nitrogen and oxygen atoms in total. The molecule has 0 saturated heterocycles. The van der Waals surface area contributed by atoms with E-state index < -0.39 is 0 Å². The maximum absolute atomic E-state index is 10.5. The second-order valence-corrected chi connectivity index (χ2v) is 5.31. The molecule has 14 heavy (non-hydrogen) atoms. The number of nitrogens with one attached hydrogen (secondary N) is 2. The SMILES string of the molecule is CC(=O)NCCSSCCNC(C)=O. The van der Waals surface area contributed by atoms with E-state index in [1.807, 2.05) is 0 Å². The molecule has 0 aliphatic heterocycles. The minimum absolute atomic E-state index is 0.00819. The third-order valence-electron chi connectivity index (χ3n) is 1.20. The number of carbonyl (C=O) groups is 2. The van der Waals surface area contributed by atoms with Crippen molar-refractivity contribution in [1.82, 2.24) is 10.6 Å². The zero-order chi connectivity index (χ0) is 10.8. The molecule has 0 heterocycles. The number of rotatable bonds is 7. The van der Waals surface area contributed by atoms with Gasteiger partial charge in [-0.05, 0) is 0 Å². The summed E-state index contributed by atoms with van der Waals surface area (Å²) >= 11 is 0. The van der Waals surface area contributed by atoms with Gasteiger partial charge in [-0.2, -0.15) is 0 Å². The summed E-state index contributed by atoms with van der Waals surface area (Å²) in [6, 6.07) is 0. The molecule has 0 aromatic carbocycles. The maximum Gasteiger partial charge on any atom is 0.216 e. The van der Waals surface area contributed by atoms with E-state index in [9.17, 15) is 9.59 Å². The van der Waals surface area contributed by atoms with Crippen molar-refractivity contribution in [2.75, 3.05) is 24.6 Å². The smallest absolute Gasteiger partial charge is 0.216 e. The molecule has 6 heteroatoms. The fraction of sp³-hybridized carbons (Fsp3) is 0.750. The van der Waals surface area contributed by atoms with E-state index in [1.165, 1.54) is 13.8 Å². The van der Waals surface area contributed by atoms with Crippen molar-refractivity contribution in [2.24, 2.45) is 0 Å². The molecule has 0 bridgehead atoms. The second-order valence-electron chi connectivity index (χ2n) is 2.61. The van der Waals surface area contributed by atoms with Crippen molar-refractivity contribution in [1.29, 1.82) is 0 Å². The average Bonchev–Trinajstić information content (AvgIpc) is 2.08. The first kappa shape index (κ1) is 13.6. The standard InChI is InChI=1S/C8H16N2O2S2/c1-7(11)9-3-5-13-14-6-4-10-8(2)12/h3-6H2,1-2H3,(H,9,11)(H,10,12). The Morgan fingerprint density at radius 2 is 1.29 bits per heavy atom. The largest absolute Gasteiger partial charge is 0.355 e. The zero-order valence-electron chi connectivity index (χ0n) is 8.46. The predicted molar refractivity (Wildman–Crippen MR) is 62.3 cm³/mol. The molecule has 2 amide bonds. The van der Waals surface area contributed by atoms with Crippen molar-refractivity contribution in [2.45, 2.75) is 13.8 Å². The molecule has 0 saturated carbocycles. The van der Waals surface area contributed by atoms with E-state index >= 15 is 0 Å². The molecule has 0 aromatic heterocycles. The minimum Gasteiger partial charge on any atom is -0.355 e. The van der Waals surface area contributed by atoms with Crippen LogP contribution in [0, 0.1) is 0 Å². The summed E-state index contributed by atoms with van der Waals surface area (Å²) in [4.78, 5) is 21.0. The van der Waals surface area contributed by atoms with Crippen LogP contribution in [-0.4, -0.2) is 36.4 Å². The van der Waals surface area contributed by atoms with Gasteiger partial charge in [-0.1, -0.05) is 21.6 Å². The molecule has 82 valence electrons. The van der Waals surface area contributed by atoms with Crippen LogP contribution in [0.2, 0.25) is 0 Å². The topological polar surface area (TPSA) is 58.2 Å². The summed E-state index contributed by atoms with van der Waals surface area (Å²) in [5.41, 5.74) is 0. The molecule has 0 atom stereocenters. The number of amides is 2. The molecule has 0 radical (unpaired) electrons. The Morgan fingerprint density at radius 3 is 1.57 bits per heavy atom. The Morgan fingerprint density at radius 1 is 0.929 bits per heavy atom. The number of hydrogen-bond acceptors (Lipinski definition) is 4. The lowest BCUT2D eigenvalue weighted by atomic mass is 10.6. The molecule has 0 aliphatic rings. The molecule has 0 aliphatic carbocycles. The van der Waals surface area contributed by atoms with Gasteiger partial charge in [0.25, 0.3) is 0 Å². The third-order valence-corrected chi connectivity index (χ3v) is 3.61. The maximum atomic E-state index is 10.5. The Bertz CT molecular complexity index is 168. The van der Waals surface area contributed by atoms with E-state index in [4.69, 9.17) is 0 Å². The van der Waals surface area contributed by atoms with Crippen molar-refractivity contribution in [3.63, 3.8) is 0 Å². The van der Waals surface area contributed by atoms with Crippen molar-refractivity contribution < 1.29 is 9.59 Å². The Kier molecular flexibility index (Phi) is 8.97. The molecule has 0 unspecified atom stereocenters. The first-order valence-corrected chi connectivity index (χ1v) is 6.85. The molecule has 2 N–H and O–H groups in total. The summed E-state index contributed by atoms with van der Waals surface area (Å²) in [5.74, 6) is 1.80. The van der Waals surface area contributed by atoms with Gasteiger partial charge in [0.05, 0.1) is 0 Å². The lowest BCUT2D eigenvalue weighted by Gasteiger charge is -2.02. The first-order chi connectivity index (χ1) is 6.63. The van der Waals surface area contributed by atoms with E-state index in [0.29, 0.717) is 13.1 Å². The van der Waals surface area contributed by atoms with Crippen LogP contribution in [0.3, 0.4) is 0 Å². The lowest BCUT2D eigenvalue weighted by molar-refractivity contribution is -0.119. The van der Waals surface area contributed by atoms with Gasteiger partial charge in [0.2, 0.25) is 11.8 Å². The molecule has 0 aromatic rings. The van der Waals surface area contributed by atoms with Gasteiger partial charge >= 0.3 is 0 Å². The average molecular weight is 236 g/mol. The van der Waals surface area contributed by atoms with Crippen LogP contribution in [0.15, 0.2) is 0 Å². The monoisotopic (exact) mass is 236 g/mol. The molecular weight excluding hydrogens is 220 g/mol. The van der Waals surface area contributed by atoms with Crippen molar-refractivity contribution >= 4 is 33.4 Å². The summed E-state index contributed by atoms with van der Waals surface area (Å²) in [6.07, 6.45) is 0. The van der Waals surface area contributed by atoms with Gasteiger partial charge in [0, 0.05) is 38.4 Å². The van der Waals surface area contributed by atoms with Crippen LogP contribution in [0.1, 0.15) is 13.8 Å². The molecular formula is C8H16N2O2S2. The van der Waals surface area contributed by atoms with Crippen molar-refractivity contribution in [3.8, 4) is 0 Å². The quantitative estimate of drug-likeness (QED) is 0.503. The van der Waals surface area contributed by atoms with Gasteiger partial charge in [-0.3, -0.25) is 9.59 Å². The summed E-state index contributed by atoms with van der Waals surface area (Å²) < 4.78 is 0. The van der Waals surface area contributed by atoms with Gasteiger partial charge in [0.1, 0.15) is 0 Å². The van der Waals surface area contributed by atoms with Crippen LogP contribution in [-0.2, 0) is 9.59 Å². The van der Waals surface area contributed by atoms with E-state index in [0.717, 1.165) is 11.5 Å². The Hall–Kier alpha value is -0.360. The lowest BCUT2D eigenvalue weighted by Crippen LogP contribution is -2.23. The highest BCUT2D eigenvalue weighted by atomic mass is 33.1. The second kappa shape index (κ2) is 9.21. The number of hydrogen-bond donors (Lipinski definition) is 2. The van der Waals surface area contributed by atoms with E-state index in [-0.39, 0.29) is 11.8 Å². The van der Waals surface area contributed by atoms with Crippen LogP contribution in [0.25, 0.3) is 0 Å². The fourth-order valence-electron chi connectivity index (χ4n) is 0.655. The van der Waals surface area contributed by atoms with Crippen LogP contribution >= 0.6 is 21.6 Å². The third kappa shape index (κ3) is 11.6. The molecule has 0 fully saturated rings. The highest BCUT2D eigenvalue weighted by molar-refractivity contribution is 8.76. The Labute approximate surface area is 92.4 Å². The van der Waals surface area contributed by atoms with Crippen molar-refractivity contribution in [3.05, 3.63) is 0 Å². The Balaban J connectivity index is 2.99. The number of carbonyl (C=O) groups excluding carboxylic acids is 2.